The summed E-state index contributed by atoms with van der Waals surface area (Å²) >= 11 is 0.678. The molecule has 16 heavy (non-hydrogen) atoms. The molecule has 0 aliphatic rings. The molecule has 0 aromatic carbocycles. The lowest BCUT2D eigenvalue weighted by Gasteiger charge is -2.10. The third-order valence-electron chi connectivity index (χ3n) is 1.55. The van der Waals surface area contributed by atoms with E-state index in [9.17, 15) is 13.2 Å². The topological polar surface area (TPSA) is 88.7 Å². The minimum absolute atomic E-state index is 0.0223. The predicted octanol–water partition coefficient (Wildman–Crippen LogP) is 1.32. The first-order valence-electron chi connectivity index (χ1n) is 4.09. The summed E-state index contributed by atoms with van der Waals surface area (Å²) in [5.41, 5.74) is 5.18. The van der Waals surface area contributed by atoms with Crippen molar-refractivity contribution in [1.29, 1.82) is 5.26 Å². The smallest absolute Gasteiger partial charge is 0.405 e. The number of thioether (sulfide) groups is 1. The number of nitrogens with two attached hydrogens (primary N) is 1. The molecule has 0 spiro atoms. The van der Waals surface area contributed by atoms with Gasteiger partial charge in [-0.1, -0.05) is 11.8 Å². The van der Waals surface area contributed by atoms with Crippen molar-refractivity contribution in [1.82, 2.24) is 10.2 Å². The van der Waals surface area contributed by atoms with E-state index in [0.717, 1.165) is 0 Å². The Morgan fingerprint density at radius 3 is 2.62 bits per heavy atom. The van der Waals surface area contributed by atoms with Crippen LogP contribution in [-0.4, -0.2) is 22.1 Å². The fraction of sp³-hybridized carbons (Fsp3) is 0.571. The average Bonchev–Trinajstić information content (AvgIpc) is 2.64. The van der Waals surface area contributed by atoms with E-state index in [1.54, 1.807) is 0 Å². The maximum atomic E-state index is 12.2. The molecule has 1 heterocycles. The Morgan fingerprint density at radius 2 is 2.19 bits per heavy atom. The van der Waals surface area contributed by atoms with Gasteiger partial charge in [0.25, 0.3) is 5.22 Å². The summed E-state index contributed by atoms with van der Waals surface area (Å²) in [5, 5.41) is 15.2. The molecule has 1 rings (SSSR count). The van der Waals surface area contributed by atoms with Gasteiger partial charge >= 0.3 is 6.18 Å². The quantitative estimate of drug-likeness (QED) is 0.813. The van der Waals surface area contributed by atoms with Crippen LogP contribution in [0.15, 0.2) is 9.64 Å². The molecule has 0 aliphatic heterocycles. The molecule has 0 radical (unpaired) electrons. The molecule has 1 aromatic rings. The van der Waals surface area contributed by atoms with E-state index in [2.05, 4.69) is 10.2 Å². The number of nitriles is 1. The summed E-state index contributed by atoms with van der Waals surface area (Å²) in [5.74, 6) is -2.39. The molecular formula is C7H7F3N4OS. The van der Waals surface area contributed by atoms with Crippen molar-refractivity contribution in [2.24, 2.45) is 11.7 Å². The van der Waals surface area contributed by atoms with Crippen molar-refractivity contribution in [2.45, 2.75) is 17.9 Å². The van der Waals surface area contributed by atoms with Gasteiger partial charge in [-0.15, -0.1) is 10.2 Å². The van der Waals surface area contributed by atoms with Crippen LogP contribution in [0.3, 0.4) is 0 Å². The molecule has 0 saturated carbocycles. The van der Waals surface area contributed by atoms with Crippen LogP contribution in [0.1, 0.15) is 5.89 Å². The third kappa shape index (κ3) is 3.39. The molecule has 2 N–H and O–H groups in total. The van der Waals surface area contributed by atoms with Crippen LogP contribution < -0.4 is 5.73 Å². The molecule has 0 aliphatic carbocycles. The first-order chi connectivity index (χ1) is 7.47. The number of nitrogens with zero attached hydrogens (tertiary/aromatic N) is 3. The molecule has 88 valence electrons. The van der Waals surface area contributed by atoms with Gasteiger partial charge in [0.1, 0.15) is 0 Å². The molecule has 0 fully saturated rings. The van der Waals surface area contributed by atoms with E-state index in [-0.39, 0.29) is 17.7 Å². The molecule has 0 bridgehead atoms. The van der Waals surface area contributed by atoms with Gasteiger partial charge in [0.2, 0.25) is 5.89 Å². The highest BCUT2D eigenvalue weighted by atomic mass is 32.2. The van der Waals surface area contributed by atoms with Gasteiger partial charge in [-0.2, -0.15) is 18.4 Å². The molecule has 9 heteroatoms. The van der Waals surface area contributed by atoms with Crippen molar-refractivity contribution in [2.75, 3.05) is 5.75 Å². The first-order valence-corrected chi connectivity index (χ1v) is 5.07. The van der Waals surface area contributed by atoms with E-state index in [1.165, 1.54) is 6.07 Å². The normalized spacial score (nSPS) is 13.4. The highest BCUT2D eigenvalue weighted by Gasteiger charge is 2.40. The molecule has 1 unspecified atom stereocenters. The number of aromatic nitrogens is 2. The van der Waals surface area contributed by atoms with E-state index in [4.69, 9.17) is 15.4 Å². The van der Waals surface area contributed by atoms with Crippen LogP contribution in [0, 0.1) is 17.2 Å². The van der Waals surface area contributed by atoms with Crippen LogP contribution in [0.5, 0.6) is 0 Å². The number of hydrogen-bond acceptors (Lipinski definition) is 6. The lowest BCUT2D eigenvalue weighted by molar-refractivity contribution is -0.152. The van der Waals surface area contributed by atoms with Gasteiger partial charge in [0.05, 0.1) is 12.6 Å². The second-order valence-electron chi connectivity index (χ2n) is 2.70. The maximum Gasteiger partial charge on any atom is 0.405 e. The summed E-state index contributed by atoms with van der Waals surface area (Å²) in [6, 6.07) is 1.17. The van der Waals surface area contributed by atoms with Crippen molar-refractivity contribution >= 4 is 11.8 Å². The van der Waals surface area contributed by atoms with Crippen LogP contribution in [0.4, 0.5) is 13.2 Å². The lowest BCUT2D eigenvalue weighted by Crippen LogP contribution is -2.23. The number of alkyl halides is 3. The van der Waals surface area contributed by atoms with E-state index < -0.39 is 17.8 Å². The fourth-order valence-electron chi connectivity index (χ4n) is 0.739. The second-order valence-corrected chi connectivity index (χ2v) is 3.67. The Kier molecular flexibility index (Phi) is 4.14. The fourth-order valence-corrected chi connectivity index (χ4v) is 1.57. The van der Waals surface area contributed by atoms with Crippen molar-refractivity contribution in [3.05, 3.63) is 5.89 Å². The van der Waals surface area contributed by atoms with Crippen molar-refractivity contribution < 1.29 is 17.6 Å². The number of hydrogen-bond donors (Lipinski definition) is 1. The van der Waals surface area contributed by atoms with Crippen LogP contribution in [-0.2, 0) is 6.54 Å². The first kappa shape index (κ1) is 12.8. The average molecular weight is 252 g/mol. The van der Waals surface area contributed by atoms with Crippen LogP contribution >= 0.6 is 11.8 Å². The summed E-state index contributed by atoms with van der Waals surface area (Å²) in [6.45, 7) is 0.0223. The summed E-state index contributed by atoms with van der Waals surface area (Å²) in [7, 11) is 0. The SMILES string of the molecule is N#CC(CSc1nnc(CN)o1)C(F)(F)F. The number of rotatable bonds is 4. The molecule has 5 nitrogen and oxygen atoms in total. The molecular weight excluding hydrogens is 245 g/mol. The van der Waals surface area contributed by atoms with Gasteiger partial charge in [0.15, 0.2) is 5.92 Å². The lowest BCUT2D eigenvalue weighted by atomic mass is 10.2. The zero-order chi connectivity index (χ0) is 12.2. The zero-order valence-electron chi connectivity index (χ0n) is 7.86. The van der Waals surface area contributed by atoms with Gasteiger partial charge < -0.3 is 10.2 Å². The highest BCUT2D eigenvalue weighted by molar-refractivity contribution is 7.99. The predicted molar refractivity (Wildman–Crippen MR) is 48.1 cm³/mol. The largest absolute Gasteiger partial charge is 0.415 e. The maximum absolute atomic E-state index is 12.2. The molecule has 1 aromatic heterocycles. The molecule has 0 amide bonds. The highest BCUT2D eigenvalue weighted by Crippen LogP contribution is 2.30. The van der Waals surface area contributed by atoms with Gasteiger partial charge in [-0.25, -0.2) is 0 Å². The van der Waals surface area contributed by atoms with Crippen molar-refractivity contribution in [3.8, 4) is 6.07 Å². The van der Waals surface area contributed by atoms with Gasteiger partial charge in [0, 0.05) is 5.75 Å². The number of halogens is 3. The Balaban J connectivity index is 2.54. The monoisotopic (exact) mass is 252 g/mol. The Hall–Kier alpha value is -1.27. The van der Waals surface area contributed by atoms with Crippen LogP contribution in [0.25, 0.3) is 0 Å². The van der Waals surface area contributed by atoms with Crippen molar-refractivity contribution in [3.63, 3.8) is 0 Å². The third-order valence-corrected chi connectivity index (χ3v) is 2.46. The summed E-state index contributed by atoms with van der Waals surface area (Å²) < 4.78 is 41.4. The molecule has 1 atom stereocenters. The minimum atomic E-state index is -4.54. The Labute approximate surface area is 92.8 Å². The minimum Gasteiger partial charge on any atom is -0.415 e. The van der Waals surface area contributed by atoms with E-state index in [0.29, 0.717) is 11.8 Å². The standard InChI is InChI=1S/C7H7F3N4OS/c8-7(9,10)4(1-11)3-16-6-14-13-5(2-12)15-6/h4H,2-3,12H2. The summed E-state index contributed by atoms with van der Waals surface area (Å²) in [4.78, 5) is 0. The van der Waals surface area contributed by atoms with Crippen LogP contribution in [0.2, 0.25) is 0 Å². The van der Waals surface area contributed by atoms with Gasteiger partial charge in [-0.3, -0.25) is 0 Å². The zero-order valence-corrected chi connectivity index (χ0v) is 8.68. The Morgan fingerprint density at radius 1 is 1.50 bits per heavy atom. The van der Waals surface area contributed by atoms with E-state index >= 15 is 0 Å². The molecule has 0 saturated heterocycles. The second kappa shape index (κ2) is 5.18. The van der Waals surface area contributed by atoms with E-state index in [1.807, 2.05) is 0 Å². The Bertz CT molecular complexity index is 386. The summed E-state index contributed by atoms with van der Waals surface area (Å²) in [6.07, 6.45) is -4.54. The van der Waals surface area contributed by atoms with Gasteiger partial charge in [-0.05, 0) is 0 Å².